The van der Waals surface area contributed by atoms with Gasteiger partial charge in [0.1, 0.15) is 12.2 Å². The average molecular weight is 332 g/mol. The zero-order valence-corrected chi connectivity index (χ0v) is 14.5. The molecule has 4 heteroatoms. The van der Waals surface area contributed by atoms with E-state index < -0.39 is 12.2 Å². The number of allylic oxidation sites excluding steroid dienone is 1. The van der Waals surface area contributed by atoms with Crippen molar-refractivity contribution in [3.05, 3.63) is 24.8 Å². The number of rotatable bonds is 11. The van der Waals surface area contributed by atoms with Crippen LogP contribution in [0.25, 0.3) is 0 Å². The first-order valence-electron chi connectivity index (χ1n) is 8.36. The molecule has 132 valence electrons. The average Bonchev–Trinajstić information content (AvgIpc) is 2.56. The van der Waals surface area contributed by atoms with Crippen molar-refractivity contribution in [1.29, 1.82) is 0 Å². The van der Waals surface area contributed by atoms with Gasteiger partial charge in [-0.15, -0.1) is 0 Å². The van der Waals surface area contributed by atoms with Crippen LogP contribution >= 0.6 is 0 Å². The van der Waals surface area contributed by atoms with Gasteiger partial charge in [0, 0.05) is 6.92 Å². The maximum absolute atomic E-state index is 10.6. The van der Waals surface area contributed by atoms with Crippen LogP contribution in [0.2, 0.25) is 0 Å². The smallest absolute Gasteiger partial charge is 0.302 e. The molecule has 0 aliphatic rings. The van der Waals surface area contributed by atoms with Crippen molar-refractivity contribution in [2.24, 2.45) is 0 Å². The second-order valence-electron chi connectivity index (χ2n) is 5.34. The normalized spacial score (nSPS) is 12.5. The molecular formula is C20H28O4. The number of hydrogen-bond acceptors (Lipinski definition) is 4. The number of hydrogen-bond donors (Lipinski definition) is 2. The maximum Gasteiger partial charge on any atom is 0.302 e. The lowest BCUT2D eigenvalue weighted by Gasteiger charge is -2.02. The Hall–Kier alpha value is -2.01. The number of aliphatic hydroxyl groups excluding tert-OH is 2. The summed E-state index contributed by atoms with van der Waals surface area (Å²) in [4.78, 5) is 10.6. The van der Waals surface area contributed by atoms with Gasteiger partial charge >= 0.3 is 5.97 Å². The number of ether oxygens (including phenoxy) is 1. The third kappa shape index (κ3) is 16.4. The summed E-state index contributed by atoms with van der Waals surface area (Å²) < 4.78 is 4.87. The fraction of sp³-hybridized carbons (Fsp3) is 0.550. The van der Waals surface area contributed by atoms with E-state index in [0.717, 1.165) is 44.9 Å². The number of aliphatic hydroxyl groups is 2. The van der Waals surface area contributed by atoms with Crippen LogP contribution in [0.1, 0.15) is 51.9 Å². The lowest BCUT2D eigenvalue weighted by molar-refractivity contribution is -0.141. The predicted octanol–water partition coefficient (Wildman–Crippen LogP) is 2.75. The van der Waals surface area contributed by atoms with Crippen LogP contribution < -0.4 is 0 Å². The fourth-order valence-electron chi connectivity index (χ4n) is 1.84. The first kappa shape index (κ1) is 22.0. The van der Waals surface area contributed by atoms with Gasteiger partial charge in [-0.1, -0.05) is 56.3 Å². The van der Waals surface area contributed by atoms with Crippen LogP contribution in [0.5, 0.6) is 0 Å². The van der Waals surface area contributed by atoms with Gasteiger partial charge in [-0.05, 0) is 37.2 Å². The maximum atomic E-state index is 10.6. The van der Waals surface area contributed by atoms with Crippen molar-refractivity contribution in [3.63, 3.8) is 0 Å². The highest BCUT2D eigenvalue weighted by Gasteiger charge is 1.94. The van der Waals surface area contributed by atoms with Gasteiger partial charge in [-0.3, -0.25) is 4.79 Å². The minimum absolute atomic E-state index is 0.213. The summed E-state index contributed by atoms with van der Waals surface area (Å²) >= 11 is 0. The third-order valence-corrected chi connectivity index (χ3v) is 3.11. The van der Waals surface area contributed by atoms with E-state index in [4.69, 9.17) is 9.84 Å². The first-order chi connectivity index (χ1) is 11.6. The molecule has 0 aromatic rings. The Morgan fingerprint density at radius 2 is 1.62 bits per heavy atom. The molecule has 0 aliphatic carbocycles. The van der Waals surface area contributed by atoms with Crippen LogP contribution in [-0.2, 0) is 9.53 Å². The molecule has 0 bridgehead atoms. The molecule has 0 aromatic carbocycles. The summed E-state index contributed by atoms with van der Waals surface area (Å²) in [5.74, 6) is 9.76. The van der Waals surface area contributed by atoms with Gasteiger partial charge in [0.05, 0.1) is 6.61 Å². The SMILES string of the molecule is C=CC(O)C#CC#CC(O)/C=C\CCCCCCCCOC(C)=O. The minimum atomic E-state index is -0.881. The highest BCUT2D eigenvalue weighted by molar-refractivity contribution is 5.65. The van der Waals surface area contributed by atoms with E-state index in [2.05, 4.69) is 30.3 Å². The van der Waals surface area contributed by atoms with Gasteiger partial charge < -0.3 is 14.9 Å². The van der Waals surface area contributed by atoms with Crippen molar-refractivity contribution >= 4 is 5.97 Å². The predicted molar refractivity (Wildman–Crippen MR) is 95.9 cm³/mol. The molecular weight excluding hydrogens is 304 g/mol. The van der Waals surface area contributed by atoms with Crippen molar-refractivity contribution in [3.8, 4) is 23.7 Å². The Labute approximate surface area is 145 Å². The van der Waals surface area contributed by atoms with Crippen LogP contribution in [0.15, 0.2) is 24.8 Å². The number of esters is 1. The molecule has 0 saturated heterocycles. The summed E-state index contributed by atoms with van der Waals surface area (Å²) in [6.45, 7) is 5.34. The van der Waals surface area contributed by atoms with Crippen LogP contribution in [0.4, 0.5) is 0 Å². The number of carbonyl (C=O) groups is 1. The molecule has 0 aromatic heterocycles. The zero-order valence-electron chi connectivity index (χ0n) is 14.5. The van der Waals surface area contributed by atoms with E-state index in [1.54, 1.807) is 6.08 Å². The molecule has 0 aliphatic heterocycles. The van der Waals surface area contributed by atoms with Gasteiger partial charge in [0.2, 0.25) is 0 Å². The highest BCUT2D eigenvalue weighted by Crippen LogP contribution is 2.08. The molecule has 24 heavy (non-hydrogen) atoms. The number of carbonyl (C=O) groups excluding carboxylic acids is 1. The minimum Gasteiger partial charge on any atom is -0.466 e. The van der Waals surface area contributed by atoms with E-state index in [1.165, 1.54) is 13.0 Å². The zero-order chi connectivity index (χ0) is 18.0. The topological polar surface area (TPSA) is 66.8 Å². The molecule has 2 N–H and O–H groups in total. The van der Waals surface area contributed by atoms with Crippen molar-refractivity contribution < 1.29 is 19.7 Å². The van der Waals surface area contributed by atoms with Gasteiger partial charge in [0.15, 0.2) is 0 Å². The Morgan fingerprint density at radius 3 is 2.25 bits per heavy atom. The first-order valence-corrected chi connectivity index (χ1v) is 8.36. The van der Waals surface area contributed by atoms with E-state index in [9.17, 15) is 9.90 Å². The second-order valence-corrected chi connectivity index (χ2v) is 5.34. The van der Waals surface area contributed by atoms with E-state index in [0.29, 0.717) is 6.61 Å². The Morgan fingerprint density at radius 1 is 1.04 bits per heavy atom. The summed E-state index contributed by atoms with van der Waals surface area (Å²) in [5, 5.41) is 18.7. The van der Waals surface area contributed by atoms with Gasteiger partial charge in [-0.25, -0.2) is 0 Å². The van der Waals surface area contributed by atoms with Crippen LogP contribution in [0, 0.1) is 23.7 Å². The summed E-state index contributed by atoms with van der Waals surface area (Å²) in [5.41, 5.74) is 0. The van der Waals surface area contributed by atoms with Crippen molar-refractivity contribution in [1.82, 2.24) is 0 Å². The quantitative estimate of drug-likeness (QED) is 0.264. The summed E-state index contributed by atoms with van der Waals surface area (Å²) in [7, 11) is 0. The van der Waals surface area contributed by atoms with Gasteiger partial charge in [-0.2, -0.15) is 0 Å². The molecule has 0 spiro atoms. The lowest BCUT2D eigenvalue weighted by Crippen LogP contribution is -2.00. The van der Waals surface area contributed by atoms with E-state index in [-0.39, 0.29) is 5.97 Å². The molecule has 4 nitrogen and oxygen atoms in total. The highest BCUT2D eigenvalue weighted by atomic mass is 16.5. The molecule has 0 rings (SSSR count). The second kappa shape index (κ2) is 15.9. The Balaban J connectivity index is 3.57. The monoisotopic (exact) mass is 332 g/mol. The standard InChI is InChI=1S/C20H28O4/c1-3-19(22)14-11-12-16-20(23)15-10-8-6-4-5-7-9-13-17-24-18(2)21/h3,10,15,19-20,22-23H,1,4-9,13,17H2,2H3/b15-10-. The summed E-state index contributed by atoms with van der Waals surface area (Å²) in [6, 6.07) is 0. The lowest BCUT2D eigenvalue weighted by atomic mass is 10.1. The number of unbranched alkanes of at least 4 members (excludes halogenated alkanes) is 6. The molecule has 0 amide bonds. The Kier molecular flexibility index (Phi) is 14.5. The summed E-state index contributed by atoms with van der Waals surface area (Å²) in [6.07, 6.45) is 10.6. The largest absolute Gasteiger partial charge is 0.466 e. The van der Waals surface area contributed by atoms with Crippen molar-refractivity contribution in [2.45, 2.75) is 64.1 Å². The van der Waals surface area contributed by atoms with Crippen LogP contribution in [0.3, 0.4) is 0 Å². The molecule has 0 radical (unpaired) electrons. The molecule has 0 fully saturated rings. The van der Waals surface area contributed by atoms with E-state index >= 15 is 0 Å². The molecule has 0 heterocycles. The van der Waals surface area contributed by atoms with E-state index in [1.807, 2.05) is 6.08 Å². The van der Waals surface area contributed by atoms with Crippen molar-refractivity contribution in [2.75, 3.05) is 6.61 Å². The Bertz CT molecular complexity index is 499. The van der Waals surface area contributed by atoms with Crippen LogP contribution in [-0.4, -0.2) is 35.0 Å². The molecule has 2 unspecified atom stereocenters. The molecule has 0 saturated carbocycles. The third-order valence-electron chi connectivity index (χ3n) is 3.11. The molecule has 2 atom stereocenters. The van der Waals surface area contributed by atoms with Gasteiger partial charge in [0.25, 0.3) is 0 Å². The fourth-order valence-corrected chi connectivity index (χ4v) is 1.84.